The topological polar surface area (TPSA) is 62.4 Å². The Morgan fingerprint density at radius 2 is 2.10 bits per heavy atom. The summed E-state index contributed by atoms with van der Waals surface area (Å²) in [6, 6.07) is 8.75. The standard InChI is InChI=1S/C16H25N3O2/c1-3-21-16(20)19-14-8-6-13(7-9-14)18-12(2)11-15-5-4-10-17-15/h6-9,12,15,17-18H,3-5,10-11H2,1-2H3,(H,19,20). The average molecular weight is 291 g/mol. The summed E-state index contributed by atoms with van der Waals surface area (Å²) in [5, 5.41) is 9.69. The van der Waals surface area contributed by atoms with Crippen molar-refractivity contribution in [3.63, 3.8) is 0 Å². The van der Waals surface area contributed by atoms with Crippen molar-refractivity contribution in [2.45, 2.75) is 45.2 Å². The van der Waals surface area contributed by atoms with Crippen LogP contribution in [0.1, 0.15) is 33.1 Å². The number of anilines is 2. The second-order valence-corrected chi connectivity index (χ2v) is 5.50. The Hall–Kier alpha value is -1.75. The van der Waals surface area contributed by atoms with Crippen LogP contribution in [-0.2, 0) is 4.74 Å². The van der Waals surface area contributed by atoms with Crippen LogP contribution in [0.3, 0.4) is 0 Å². The average Bonchev–Trinajstić information content (AvgIpc) is 2.94. The van der Waals surface area contributed by atoms with Crippen LogP contribution in [0.2, 0.25) is 0 Å². The van der Waals surface area contributed by atoms with Gasteiger partial charge in [-0.25, -0.2) is 4.79 Å². The Morgan fingerprint density at radius 1 is 1.38 bits per heavy atom. The van der Waals surface area contributed by atoms with Gasteiger partial charge in [0, 0.05) is 23.5 Å². The van der Waals surface area contributed by atoms with Crippen LogP contribution < -0.4 is 16.0 Å². The van der Waals surface area contributed by atoms with Gasteiger partial charge in [-0.3, -0.25) is 5.32 Å². The molecule has 1 aliphatic rings. The maximum Gasteiger partial charge on any atom is 0.411 e. The van der Waals surface area contributed by atoms with Gasteiger partial charge in [0.2, 0.25) is 0 Å². The van der Waals surface area contributed by atoms with Gasteiger partial charge in [0.1, 0.15) is 0 Å². The van der Waals surface area contributed by atoms with Crippen LogP contribution in [0.15, 0.2) is 24.3 Å². The molecule has 0 aliphatic carbocycles. The summed E-state index contributed by atoms with van der Waals surface area (Å²) in [6.45, 7) is 5.50. The van der Waals surface area contributed by atoms with Gasteiger partial charge in [-0.05, 0) is 63.9 Å². The Morgan fingerprint density at radius 3 is 2.71 bits per heavy atom. The van der Waals surface area contributed by atoms with E-state index >= 15 is 0 Å². The van der Waals surface area contributed by atoms with Gasteiger partial charge in [0.25, 0.3) is 0 Å². The second kappa shape index (κ2) is 7.88. The molecule has 1 aromatic rings. The first kappa shape index (κ1) is 15.6. The van der Waals surface area contributed by atoms with Crippen LogP contribution in [0.25, 0.3) is 0 Å². The number of carbonyl (C=O) groups excluding carboxylic acids is 1. The van der Waals surface area contributed by atoms with Crippen molar-refractivity contribution in [3.8, 4) is 0 Å². The van der Waals surface area contributed by atoms with Crippen LogP contribution in [0, 0.1) is 0 Å². The summed E-state index contributed by atoms with van der Waals surface area (Å²) in [5.74, 6) is 0. The van der Waals surface area contributed by atoms with E-state index in [4.69, 9.17) is 4.74 Å². The third kappa shape index (κ3) is 5.27. The third-order valence-electron chi connectivity index (χ3n) is 3.62. The predicted octanol–water partition coefficient (Wildman–Crippen LogP) is 3.20. The van der Waals surface area contributed by atoms with E-state index in [9.17, 15) is 4.79 Å². The van der Waals surface area contributed by atoms with E-state index in [1.54, 1.807) is 6.92 Å². The Kier molecular flexibility index (Phi) is 5.87. The summed E-state index contributed by atoms with van der Waals surface area (Å²) in [4.78, 5) is 11.3. The van der Waals surface area contributed by atoms with Gasteiger partial charge in [0.15, 0.2) is 0 Å². The zero-order valence-electron chi connectivity index (χ0n) is 12.8. The molecule has 0 saturated carbocycles. The maximum absolute atomic E-state index is 11.3. The molecule has 0 radical (unpaired) electrons. The summed E-state index contributed by atoms with van der Waals surface area (Å²) >= 11 is 0. The molecule has 0 bridgehead atoms. The summed E-state index contributed by atoms with van der Waals surface area (Å²) in [5.41, 5.74) is 1.80. The van der Waals surface area contributed by atoms with Gasteiger partial charge < -0.3 is 15.4 Å². The molecule has 1 aromatic carbocycles. The lowest BCUT2D eigenvalue weighted by Crippen LogP contribution is -2.29. The zero-order chi connectivity index (χ0) is 15.1. The molecular weight excluding hydrogens is 266 g/mol. The summed E-state index contributed by atoms with van der Waals surface area (Å²) < 4.78 is 4.84. The largest absolute Gasteiger partial charge is 0.450 e. The van der Waals surface area contributed by atoms with Crippen LogP contribution in [0.5, 0.6) is 0 Å². The molecule has 1 saturated heterocycles. The third-order valence-corrected chi connectivity index (χ3v) is 3.62. The van der Waals surface area contributed by atoms with Crippen molar-refractivity contribution in [1.29, 1.82) is 0 Å². The smallest absolute Gasteiger partial charge is 0.411 e. The minimum absolute atomic E-state index is 0.373. The molecule has 2 unspecified atom stereocenters. The Balaban J connectivity index is 1.79. The first-order chi connectivity index (χ1) is 10.2. The monoisotopic (exact) mass is 291 g/mol. The number of ether oxygens (including phenoxy) is 1. The maximum atomic E-state index is 11.3. The molecule has 1 aliphatic heterocycles. The lowest BCUT2D eigenvalue weighted by Gasteiger charge is -2.19. The minimum Gasteiger partial charge on any atom is -0.450 e. The lowest BCUT2D eigenvalue weighted by molar-refractivity contribution is 0.168. The number of rotatable bonds is 6. The quantitative estimate of drug-likeness (QED) is 0.753. The van der Waals surface area contributed by atoms with E-state index < -0.39 is 6.09 Å². The second-order valence-electron chi connectivity index (χ2n) is 5.50. The van der Waals surface area contributed by atoms with E-state index in [2.05, 4.69) is 22.9 Å². The van der Waals surface area contributed by atoms with E-state index in [1.165, 1.54) is 12.8 Å². The molecule has 1 fully saturated rings. The Bertz CT molecular complexity index is 441. The fourth-order valence-corrected chi connectivity index (χ4v) is 2.66. The van der Waals surface area contributed by atoms with Crippen molar-refractivity contribution < 1.29 is 9.53 Å². The van der Waals surface area contributed by atoms with E-state index in [1.807, 2.05) is 24.3 Å². The highest BCUT2D eigenvalue weighted by Gasteiger charge is 2.16. The van der Waals surface area contributed by atoms with Crippen LogP contribution >= 0.6 is 0 Å². The fourth-order valence-electron chi connectivity index (χ4n) is 2.66. The van der Waals surface area contributed by atoms with E-state index in [0.29, 0.717) is 18.7 Å². The molecule has 5 nitrogen and oxygen atoms in total. The predicted molar refractivity (Wildman–Crippen MR) is 85.8 cm³/mol. The number of hydrogen-bond donors (Lipinski definition) is 3. The van der Waals surface area contributed by atoms with Crippen LogP contribution in [0.4, 0.5) is 16.2 Å². The number of hydrogen-bond acceptors (Lipinski definition) is 4. The molecule has 2 rings (SSSR count). The molecule has 5 heteroatoms. The van der Waals surface area contributed by atoms with Crippen molar-refractivity contribution >= 4 is 17.5 Å². The summed E-state index contributed by atoms with van der Waals surface area (Å²) in [6.07, 6.45) is 3.27. The van der Waals surface area contributed by atoms with Gasteiger partial charge in [-0.15, -0.1) is 0 Å². The normalized spacial score (nSPS) is 19.0. The van der Waals surface area contributed by atoms with Crippen molar-refractivity contribution in [3.05, 3.63) is 24.3 Å². The molecule has 0 spiro atoms. The number of nitrogens with one attached hydrogen (secondary N) is 3. The van der Waals surface area contributed by atoms with Crippen molar-refractivity contribution in [1.82, 2.24) is 5.32 Å². The molecule has 2 atom stereocenters. The van der Waals surface area contributed by atoms with Crippen molar-refractivity contribution in [2.75, 3.05) is 23.8 Å². The van der Waals surface area contributed by atoms with Gasteiger partial charge in [-0.1, -0.05) is 0 Å². The molecule has 1 heterocycles. The first-order valence-corrected chi connectivity index (χ1v) is 7.71. The van der Waals surface area contributed by atoms with Crippen molar-refractivity contribution in [2.24, 2.45) is 0 Å². The summed E-state index contributed by atoms with van der Waals surface area (Å²) in [7, 11) is 0. The highest BCUT2D eigenvalue weighted by atomic mass is 16.5. The number of amides is 1. The van der Waals surface area contributed by atoms with Gasteiger partial charge in [0.05, 0.1) is 6.61 Å². The molecule has 1 amide bonds. The number of carbonyl (C=O) groups is 1. The highest BCUT2D eigenvalue weighted by molar-refractivity contribution is 5.84. The molecule has 21 heavy (non-hydrogen) atoms. The Labute approximate surface area is 126 Å². The van der Waals surface area contributed by atoms with E-state index in [-0.39, 0.29) is 0 Å². The SMILES string of the molecule is CCOC(=O)Nc1ccc(NC(C)CC2CCCN2)cc1. The van der Waals surface area contributed by atoms with Gasteiger partial charge in [-0.2, -0.15) is 0 Å². The molecule has 3 N–H and O–H groups in total. The molecule has 0 aromatic heterocycles. The first-order valence-electron chi connectivity index (χ1n) is 7.71. The molecular formula is C16H25N3O2. The molecule has 116 valence electrons. The highest BCUT2D eigenvalue weighted by Crippen LogP contribution is 2.17. The zero-order valence-corrected chi connectivity index (χ0v) is 12.8. The number of benzene rings is 1. The van der Waals surface area contributed by atoms with Gasteiger partial charge >= 0.3 is 6.09 Å². The lowest BCUT2D eigenvalue weighted by atomic mass is 10.1. The van der Waals surface area contributed by atoms with Crippen LogP contribution in [-0.4, -0.2) is 31.3 Å². The minimum atomic E-state index is -0.418. The van der Waals surface area contributed by atoms with E-state index in [0.717, 1.165) is 24.3 Å². The fraction of sp³-hybridized carbons (Fsp3) is 0.562.